The normalized spacial score (nSPS) is 12.2. The van der Waals surface area contributed by atoms with Crippen LogP contribution < -0.4 is 5.32 Å². The van der Waals surface area contributed by atoms with E-state index in [4.69, 9.17) is 16.7 Å². The molecule has 1 heterocycles. The molecule has 15 heavy (non-hydrogen) atoms. The van der Waals surface area contributed by atoms with Gasteiger partial charge in [-0.15, -0.1) is 0 Å². The smallest absolute Gasteiger partial charge is 0.339 e. The van der Waals surface area contributed by atoms with E-state index in [0.717, 1.165) is 6.42 Å². The summed E-state index contributed by atoms with van der Waals surface area (Å²) < 4.78 is 0. The van der Waals surface area contributed by atoms with Crippen molar-refractivity contribution in [1.29, 1.82) is 0 Å². The van der Waals surface area contributed by atoms with Crippen LogP contribution in [-0.2, 0) is 0 Å². The van der Waals surface area contributed by atoms with Gasteiger partial charge in [-0.2, -0.15) is 0 Å². The summed E-state index contributed by atoms with van der Waals surface area (Å²) in [6.07, 6.45) is 2.16. The average Bonchev–Trinajstić information content (AvgIpc) is 2.17. The number of pyridine rings is 1. The lowest BCUT2D eigenvalue weighted by Crippen LogP contribution is -2.16. The van der Waals surface area contributed by atoms with Crippen molar-refractivity contribution < 1.29 is 9.90 Å². The van der Waals surface area contributed by atoms with Gasteiger partial charge in [0.25, 0.3) is 0 Å². The maximum atomic E-state index is 10.9. The monoisotopic (exact) mass is 228 g/mol. The zero-order valence-corrected chi connectivity index (χ0v) is 9.38. The Bertz CT molecular complexity index is 368. The maximum Gasteiger partial charge on any atom is 0.339 e. The minimum absolute atomic E-state index is 0.139. The fourth-order valence-corrected chi connectivity index (χ4v) is 1.25. The number of hydrogen-bond donors (Lipinski definition) is 2. The number of anilines is 1. The second-order valence-electron chi connectivity index (χ2n) is 3.31. The molecular formula is C10H13ClN2O2. The number of aromatic nitrogens is 1. The third kappa shape index (κ3) is 3.09. The predicted molar refractivity (Wildman–Crippen MR) is 59.6 cm³/mol. The molecule has 1 rings (SSSR count). The summed E-state index contributed by atoms with van der Waals surface area (Å²) in [5.74, 6) is -1.01. The van der Waals surface area contributed by atoms with Crippen LogP contribution in [0.3, 0.4) is 0 Å². The van der Waals surface area contributed by atoms with Crippen molar-refractivity contribution >= 4 is 23.3 Å². The van der Waals surface area contributed by atoms with Gasteiger partial charge in [-0.3, -0.25) is 0 Å². The molecule has 4 nitrogen and oxygen atoms in total. The second kappa shape index (κ2) is 4.98. The van der Waals surface area contributed by atoms with Crippen molar-refractivity contribution in [3.05, 3.63) is 23.0 Å². The fourth-order valence-electron chi connectivity index (χ4n) is 1.09. The standard InChI is InChI=1S/C10H13ClN2O2/c1-3-6(2)13-8-4-9(11)12-5-7(8)10(14)15/h4-6H,3H2,1-2H3,(H,12,13)(H,14,15)/t6-/m1/s1. The number of carboxylic acid groups (broad SMARTS) is 1. The highest BCUT2D eigenvalue weighted by Gasteiger charge is 2.12. The molecule has 0 aliphatic rings. The minimum Gasteiger partial charge on any atom is -0.478 e. The fraction of sp³-hybridized carbons (Fsp3) is 0.400. The van der Waals surface area contributed by atoms with Crippen LogP contribution in [0, 0.1) is 0 Å². The van der Waals surface area contributed by atoms with E-state index in [0.29, 0.717) is 5.69 Å². The summed E-state index contributed by atoms with van der Waals surface area (Å²) in [5, 5.41) is 12.3. The van der Waals surface area contributed by atoms with E-state index in [2.05, 4.69) is 10.3 Å². The molecule has 82 valence electrons. The Hall–Kier alpha value is -1.29. The Morgan fingerprint density at radius 1 is 1.73 bits per heavy atom. The van der Waals surface area contributed by atoms with Gasteiger partial charge < -0.3 is 10.4 Å². The Balaban J connectivity index is 3.02. The van der Waals surface area contributed by atoms with Crippen LogP contribution in [0.1, 0.15) is 30.6 Å². The number of aromatic carboxylic acids is 1. The number of rotatable bonds is 4. The molecular weight excluding hydrogens is 216 g/mol. The number of halogens is 1. The highest BCUT2D eigenvalue weighted by Crippen LogP contribution is 2.19. The van der Waals surface area contributed by atoms with Crippen molar-refractivity contribution in [3.8, 4) is 0 Å². The number of nitrogens with one attached hydrogen (secondary N) is 1. The zero-order valence-electron chi connectivity index (χ0n) is 8.62. The largest absolute Gasteiger partial charge is 0.478 e. The summed E-state index contributed by atoms with van der Waals surface area (Å²) in [6.45, 7) is 3.99. The van der Waals surface area contributed by atoms with Gasteiger partial charge in [-0.05, 0) is 19.4 Å². The Labute approximate surface area is 93.3 Å². The van der Waals surface area contributed by atoms with Crippen molar-refractivity contribution in [2.24, 2.45) is 0 Å². The summed E-state index contributed by atoms with van der Waals surface area (Å²) in [6, 6.07) is 1.72. The van der Waals surface area contributed by atoms with E-state index < -0.39 is 5.97 Å². The number of carboxylic acids is 1. The van der Waals surface area contributed by atoms with Crippen LogP contribution >= 0.6 is 11.6 Å². The number of nitrogens with zero attached hydrogens (tertiary/aromatic N) is 1. The highest BCUT2D eigenvalue weighted by molar-refractivity contribution is 6.29. The first-order valence-corrected chi connectivity index (χ1v) is 5.07. The van der Waals surface area contributed by atoms with E-state index in [1.807, 2.05) is 13.8 Å². The molecule has 1 atom stereocenters. The van der Waals surface area contributed by atoms with E-state index in [9.17, 15) is 4.79 Å². The zero-order chi connectivity index (χ0) is 11.4. The molecule has 1 aromatic rings. The first-order valence-electron chi connectivity index (χ1n) is 4.70. The van der Waals surface area contributed by atoms with Crippen molar-refractivity contribution in [2.75, 3.05) is 5.32 Å². The molecule has 0 unspecified atom stereocenters. The molecule has 0 radical (unpaired) electrons. The Kier molecular flexibility index (Phi) is 3.91. The van der Waals surface area contributed by atoms with Crippen molar-refractivity contribution in [3.63, 3.8) is 0 Å². The lowest BCUT2D eigenvalue weighted by Gasteiger charge is -2.14. The summed E-state index contributed by atoms with van der Waals surface area (Å²) in [7, 11) is 0. The van der Waals surface area contributed by atoms with Crippen LogP contribution in [0.4, 0.5) is 5.69 Å². The van der Waals surface area contributed by atoms with Gasteiger partial charge >= 0.3 is 5.97 Å². The van der Waals surface area contributed by atoms with Crippen LogP contribution in [0.5, 0.6) is 0 Å². The van der Waals surface area contributed by atoms with Gasteiger partial charge in [0.05, 0.1) is 5.69 Å². The Morgan fingerprint density at radius 2 is 2.40 bits per heavy atom. The average molecular weight is 229 g/mol. The van der Waals surface area contributed by atoms with Gasteiger partial charge in [-0.25, -0.2) is 9.78 Å². The first-order chi connectivity index (χ1) is 7.04. The third-order valence-corrected chi connectivity index (χ3v) is 2.32. The summed E-state index contributed by atoms with van der Waals surface area (Å²) >= 11 is 5.70. The molecule has 0 aliphatic heterocycles. The molecule has 0 saturated heterocycles. The molecule has 0 fully saturated rings. The molecule has 0 amide bonds. The van der Waals surface area contributed by atoms with E-state index in [1.165, 1.54) is 12.3 Å². The summed E-state index contributed by atoms with van der Waals surface area (Å²) in [4.78, 5) is 14.6. The van der Waals surface area contributed by atoms with E-state index >= 15 is 0 Å². The first kappa shape index (κ1) is 11.8. The molecule has 2 N–H and O–H groups in total. The van der Waals surface area contributed by atoms with Gasteiger partial charge in [0.2, 0.25) is 0 Å². The van der Waals surface area contributed by atoms with E-state index in [1.54, 1.807) is 0 Å². The predicted octanol–water partition coefficient (Wildman–Crippen LogP) is 2.64. The molecule has 0 aromatic carbocycles. The van der Waals surface area contributed by atoms with Gasteiger partial charge in [0.1, 0.15) is 10.7 Å². The summed E-state index contributed by atoms with van der Waals surface area (Å²) in [5.41, 5.74) is 0.650. The molecule has 0 saturated carbocycles. The SMILES string of the molecule is CC[C@@H](C)Nc1cc(Cl)ncc1C(=O)O. The lowest BCUT2D eigenvalue weighted by atomic mass is 10.2. The number of carbonyl (C=O) groups is 1. The molecule has 0 bridgehead atoms. The van der Waals surface area contributed by atoms with Crippen molar-refractivity contribution in [2.45, 2.75) is 26.3 Å². The van der Waals surface area contributed by atoms with Crippen LogP contribution in [0.2, 0.25) is 5.15 Å². The molecule has 5 heteroatoms. The maximum absolute atomic E-state index is 10.9. The highest BCUT2D eigenvalue weighted by atomic mass is 35.5. The molecule has 0 aliphatic carbocycles. The molecule has 1 aromatic heterocycles. The number of hydrogen-bond acceptors (Lipinski definition) is 3. The van der Waals surface area contributed by atoms with Crippen molar-refractivity contribution in [1.82, 2.24) is 4.98 Å². The van der Waals surface area contributed by atoms with Crippen LogP contribution in [0.15, 0.2) is 12.3 Å². The molecule has 0 spiro atoms. The quantitative estimate of drug-likeness (QED) is 0.778. The second-order valence-corrected chi connectivity index (χ2v) is 3.70. The van der Waals surface area contributed by atoms with Gasteiger partial charge in [-0.1, -0.05) is 18.5 Å². The minimum atomic E-state index is -1.01. The topological polar surface area (TPSA) is 62.2 Å². The third-order valence-electron chi connectivity index (χ3n) is 2.12. The van der Waals surface area contributed by atoms with Gasteiger partial charge in [0.15, 0.2) is 0 Å². The van der Waals surface area contributed by atoms with Gasteiger partial charge in [0, 0.05) is 12.2 Å². The van der Waals surface area contributed by atoms with E-state index in [-0.39, 0.29) is 16.8 Å². The van der Waals surface area contributed by atoms with Crippen LogP contribution in [-0.4, -0.2) is 22.1 Å². The lowest BCUT2D eigenvalue weighted by molar-refractivity contribution is 0.0697. The Morgan fingerprint density at radius 3 is 2.93 bits per heavy atom. The van der Waals surface area contributed by atoms with Crippen LogP contribution in [0.25, 0.3) is 0 Å².